The summed E-state index contributed by atoms with van der Waals surface area (Å²) in [6, 6.07) is 7.04. The number of aromatic nitrogens is 1. The number of amides is 1. The molecule has 0 bridgehead atoms. The Hall–Kier alpha value is -2.81. The summed E-state index contributed by atoms with van der Waals surface area (Å²) in [4.78, 5) is 15.8. The maximum atomic E-state index is 12.4. The van der Waals surface area contributed by atoms with Crippen LogP contribution in [0.5, 0.6) is 0 Å². The number of nitrogens with one attached hydrogen (secondary N) is 2. The molecular formula is C26H30N2O. The lowest BCUT2D eigenvalue weighted by atomic mass is 9.85. The summed E-state index contributed by atoms with van der Waals surface area (Å²) in [6.45, 7) is 12.8. The molecule has 2 N–H and O–H groups in total. The van der Waals surface area contributed by atoms with Gasteiger partial charge in [0.15, 0.2) is 0 Å². The quantitative estimate of drug-likeness (QED) is 0.526. The van der Waals surface area contributed by atoms with Crippen LogP contribution in [0.3, 0.4) is 0 Å². The topological polar surface area (TPSA) is 44.9 Å². The van der Waals surface area contributed by atoms with E-state index in [-0.39, 0.29) is 5.91 Å². The number of carbonyl (C=O) groups excluding carboxylic acids is 1. The Morgan fingerprint density at radius 2 is 1.69 bits per heavy atom. The predicted octanol–water partition coefficient (Wildman–Crippen LogP) is 6.06. The van der Waals surface area contributed by atoms with Crippen LogP contribution in [0.15, 0.2) is 30.0 Å². The van der Waals surface area contributed by atoms with Gasteiger partial charge in [-0.05, 0) is 117 Å². The van der Waals surface area contributed by atoms with Gasteiger partial charge < -0.3 is 10.3 Å². The van der Waals surface area contributed by atoms with Crippen molar-refractivity contribution in [3.8, 4) is 11.1 Å². The van der Waals surface area contributed by atoms with Gasteiger partial charge in [-0.2, -0.15) is 0 Å². The van der Waals surface area contributed by atoms with Crippen molar-refractivity contribution in [3.05, 3.63) is 63.3 Å². The molecule has 1 aliphatic rings. The highest BCUT2D eigenvalue weighted by Crippen LogP contribution is 2.37. The smallest absolute Gasteiger partial charge is 0.247 e. The average Bonchev–Trinajstić information content (AvgIpc) is 3.44. The second-order valence-electron chi connectivity index (χ2n) is 8.60. The van der Waals surface area contributed by atoms with Gasteiger partial charge in [0.05, 0.1) is 0 Å². The van der Waals surface area contributed by atoms with Crippen LogP contribution in [0.2, 0.25) is 0 Å². The highest BCUT2D eigenvalue weighted by molar-refractivity contribution is 5.98. The fraction of sp³-hybridized carbons (Fsp3) is 0.346. The number of benzene rings is 2. The molecule has 4 rings (SSSR count). The predicted molar refractivity (Wildman–Crippen MR) is 122 cm³/mol. The van der Waals surface area contributed by atoms with E-state index in [0.717, 1.165) is 18.4 Å². The summed E-state index contributed by atoms with van der Waals surface area (Å²) in [5, 5.41) is 4.36. The molecule has 1 aliphatic carbocycles. The lowest BCUT2D eigenvalue weighted by molar-refractivity contribution is -0.117. The second kappa shape index (κ2) is 7.22. The fourth-order valence-electron chi connectivity index (χ4n) is 4.22. The van der Waals surface area contributed by atoms with Crippen LogP contribution in [0.25, 0.3) is 28.1 Å². The van der Waals surface area contributed by atoms with Crippen LogP contribution < -0.4 is 5.32 Å². The zero-order chi connectivity index (χ0) is 20.9. The number of hydrogen-bond donors (Lipinski definition) is 2. The minimum Gasteiger partial charge on any atom is -0.361 e. The maximum absolute atomic E-state index is 12.4. The van der Waals surface area contributed by atoms with Crippen LogP contribution in [0, 0.1) is 34.6 Å². The van der Waals surface area contributed by atoms with Gasteiger partial charge in [0.1, 0.15) is 0 Å². The third kappa shape index (κ3) is 3.50. The minimum absolute atomic E-state index is 0.0547. The molecule has 150 valence electrons. The van der Waals surface area contributed by atoms with Gasteiger partial charge in [0.25, 0.3) is 0 Å². The molecule has 0 saturated heterocycles. The van der Waals surface area contributed by atoms with Gasteiger partial charge in [-0.3, -0.25) is 4.79 Å². The minimum atomic E-state index is 0.0547. The molecule has 0 spiro atoms. The normalized spacial score (nSPS) is 14.5. The van der Waals surface area contributed by atoms with Crippen molar-refractivity contribution in [2.45, 2.75) is 60.4 Å². The number of aromatic amines is 1. The Kier molecular flexibility index (Phi) is 4.85. The first kappa shape index (κ1) is 19.5. The molecule has 1 saturated carbocycles. The Labute approximate surface area is 173 Å². The third-order valence-corrected chi connectivity index (χ3v) is 6.49. The zero-order valence-corrected chi connectivity index (χ0v) is 18.3. The van der Waals surface area contributed by atoms with E-state index >= 15 is 0 Å². The average molecular weight is 387 g/mol. The van der Waals surface area contributed by atoms with Crippen molar-refractivity contribution in [3.63, 3.8) is 0 Å². The monoisotopic (exact) mass is 386 g/mol. The fourth-order valence-corrected chi connectivity index (χ4v) is 4.22. The molecule has 3 nitrogen and oxygen atoms in total. The molecule has 0 aliphatic heterocycles. The first-order valence-corrected chi connectivity index (χ1v) is 10.5. The number of carbonyl (C=O) groups is 1. The molecule has 1 heterocycles. The standard InChI is InChI=1S/C26H30N2O/c1-14(26(29)28-21-8-9-21)11-23-16(3)18(5)25(19(6)17(23)4)20-7-10-24-22(12-20)15(2)13-27-24/h7,10-13,21,27H,8-9H2,1-6H3,(H,28,29). The van der Waals surface area contributed by atoms with E-state index in [1.165, 1.54) is 55.4 Å². The molecule has 1 fully saturated rings. The van der Waals surface area contributed by atoms with Crippen LogP contribution in [-0.2, 0) is 4.79 Å². The second-order valence-corrected chi connectivity index (χ2v) is 8.60. The largest absolute Gasteiger partial charge is 0.361 e. The highest BCUT2D eigenvalue weighted by atomic mass is 16.1. The number of hydrogen-bond acceptors (Lipinski definition) is 1. The van der Waals surface area contributed by atoms with Crippen LogP contribution >= 0.6 is 0 Å². The first-order valence-electron chi connectivity index (χ1n) is 10.5. The van der Waals surface area contributed by atoms with E-state index in [2.05, 4.69) is 75.4 Å². The first-order chi connectivity index (χ1) is 13.8. The molecule has 0 atom stereocenters. The van der Waals surface area contributed by atoms with Gasteiger partial charge >= 0.3 is 0 Å². The SMILES string of the molecule is CC(=Cc1c(C)c(C)c(-c2ccc3[nH]cc(C)c3c2)c(C)c1C)C(=O)NC1CC1. The van der Waals surface area contributed by atoms with Crippen molar-refractivity contribution >= 4 is 22.9 Å². The molecule has 1 aromatic heterocycles. The lowest BCUT2D eigenvalue weighted by Gasteiger charge is -2.20. The van der Waals surface area contributed by atoms with E-state index in [1.807, 2.05) is 6.92 Å². The number of rotatable bonds is 4. The zero-order valence-electron chi connectivity index (χ0n) is 18.3. The van der Waals surface area contributed by atoms with Crippen molar-refractivity contribution in [2.24, 2.45) is 0 Å². The summed E-state index contributed by atoms with van der Waals surface area (Å²) in [5.74, 6) is 0.0547. The van der Waals surface area contributed by atoms with E-state index in [0.29, 0.717) is 6.04 Å². The van der Waals surface area contributed by atoms with E-state index < -0.39 is 0 Å². The van der Waals surface area contributed by atoms with Gasteiger partial charge in [-0.15, -0.1) is 0 Å². The van der Waals surface area contributed by atoms with Crippen molar-refractivity contribution in [1.82, 2.24) is 10.3 Å². The Balaban J connectivity index is 1.81. The number of H-pyrrole nitrogens is 1. The molecule has 0 radical (unpaired) electrons. The lowest BCUT2D eigenvalue weighted by Crippen LogP contribution is -2.25. The van der Waals surface area contributed by atoms with Gasteiger partial charge in [0, 0.05) is 28.7 Å². The molecule has 3 heteroatoms. The molecule has 1 amide bonds. The van der Waals surface area contributed by atoms with Crippen LogP contribution in [0.4, 0.5) is 0 Å². The Morgan fingerprint density at radius 3 is 2.31 bits per heavy atom. The summed E-state index contributed by atoms with van der Waals surface area (Å²) in [6.07, 6.45) is 6.34. The van der Waals surface area contributed by atoms with Gasteiger partial charge in [-0.25, -0.2) is 0 Å². The summed E-state index contributed by atoms with van der Waals surface area (Å²) < 4.78 is 0. The van der Waals surface area contributed by atoms with E-state index in [1.54, 1.807) is 0 Å². The molecule has 0 unspecified atom stereocenters. The van der Waals surface area contributed by atoms with E-state index in [9.17, 15) is 4.79 Å². The third-order valence-electron chi connectivity index (χ3n) is 6.49. The van der Waals surface area contributed by atoms with Gasteiger partial charge in [-0.1, -0.05) is 6.07 Å². The van der Waals surface area contributed by atoms with E-state index in [4.69, 9.17) is 0 Å². The summed E-state index contributed by atoms with van der Waals surface area (Å²) >= 11 is 0. The van der Waals surface area contributed by atoms with Crippen LogP contribution in [0.1, 0.15) is 53.1 Å². The van der Waals surface area contributed by atoms with Gasteiger partial charge in [0.2, 0.25) is 5.91 Å². The number of aryl methyl sites for hydroxylation is 1. The molecular weight excluding hydrogens is 356 g/mol. The molecule has 3 aromatic rings. The van der Waals surface area contributed by atoms with Crippen molar-refractivity contribution in [1.29, 1.82) is 0 Å². The molecule has 2 aromatic carbocycles. The van der Waals surface area contributed by atoms with Crippen molar-refractivity contribution in [2.75, 3.05) is 0 Å². The summed E-state index contributed by atoms with van der Waals surface area (Å²) in [5.41, 5.74) is 12.0. The van der Waals surface area contributed by atoms with Crippen molar-refractivity contribution < 1.29 is 4.79 Å². The molecule has 29 heavy (non-hydrogen) atoms. The maximum Gasteiger partial charge on any atom is 0.247 e. The summed E-state index contributed by atoms with van der Waals surface area (Å²) in [7, 11) is 0. The highest BCUT2D eigenvalue weighted by Gasteiger charge is 2.24. The Bertz CT molecular complexity index is 1130. The Morgan fingerprint density at radius 1 is 1.03 bits per heavy atom. The van der Waals surface area contributed by atoms with Crippen LogP contribution in [-0.4, -0.2) is 16.9 Å². The number of fused-ring (bicyclic) bond motifs is 1.